The number of hydrogen-bond donors (Lipinski definition) is 0. The van der Waals surface area contributed by atoms with Crippen LogP contribution in [0.2, 0.25) is 0 Å². The van der Waals surface area contributed by atoms with E-state index in [1.54, 1.807) is 0 Å². The molecule has 61 heavy (non-hydrogen) atoms. The number of hydrogen-bond acceptors (Lipinski definition) is 3. The molecule has 290 valence electrons. The van der Waals surface area contributed by atoms with Crippen LogP contribution < -0.4 is 0 Å². The Morgan fingerprint density at radius 1 is 0.344 bits per heavy atom. The SMILES string of the molecule is CC(C)(C)c1ccc2c3ccccc3n(-c3cccc(-n4c5ccccc5c5ccccc54)c3-c3nc(-c4ccccc4)nc(-n4c5ccccc5c5ccccc54)n3)c2c1. The van der Waals surface area contributed by atoms with Crippen LogP contribution in [0.4, 0.5) is 0 Å². The molecule has 0 unspecified atom stereocenters. The van der Waals surface area contributed by atoms with Gasteiger partial charge in [0.15, 0.2) is 11.6 Å². The number of rotatable bonds is 5. The number of para-hydroxylation sites is 5. The summed E-state index contributed by atoms with van der Waals surface area (Å²) in [5.74, 6) is 1.74. The molecule has 4 aromatic heterocycles. The fourth-order valence-corrected chi connectivity index (χ4v) is 9.44. The van der Waals surface area contributed by atoms with Gasteiger partial charge in [-0.1, -0.05) is 160 Å². The molecule has 0 saturated heterocycles. The molecule has 0 fully saturated rings. The van der Waals surface area contributed by atoms with Crippen molar-refractivity contribution in [2.75, 3.05) is 0 Å². The predicted octanol–water partition coefficient (Wildman–Crippen LogP) is 13.8. The van der Waals surface area contributed by atoms with Crippen molar-refractivity contribution >= 4 is 65.4 Å². The van der Waals surface area contributed by atoms with Crippen LogP contribution >= 0.6 is 0 Å². The van der Waals surface area contributed by atoms with E-state index in [1.165, 1.54) is 27.1 Å². The first-order valence-corrected chi connectivity index (χ1v) is 20.9. The highest BCUT2D eigenvalue weighted by Crippen LogP contribution is 2.43. The van der Waals surface area contributed by atoms with Crippen molar-refractivity contribution < 1.29 is 0 Å². The Kier molecular flexibility index (Phi) is 7.69. The normalized spacial score (nSPS) is 12.2. The first-order valence-electron chi connectivity index (χ1n) is 20.9. The lowest BCUT2D eigenvalue weighted by molar-refractivity contribution is 0.591. The molecule has 0 aliphatic heterocycles. The summed E-state index contributed by atoms with van der Waals surface area (Å²) < 4.78 is 7.02. The number of aromatic nitrogens is 6. The van der Waals surface area contributed by atoms with Gasteiger partial charge in [-0.3, -0.25) is 4.57 Å². The van der Waals surface area contributed by atoms with Crippen molar-refractivity contribution in [3.8, 4) is 40.1 Å². The van der Waals surface area contributed by atoms with Crippen LogP contribution in [-0.4, -0.2) is 28.7 Å². The van der Waals surface area contributed by atoms with Crippen molar-refractivity contribution in [1.29, 1.82) is 0 Å². The van der Waals surface area contributed by atoms with E-state index in [2.05, 4.69) is 204 Å². The van der Waals surface area contributed by atoms with E-state index < -0.39 is 0 Å². The smallest absolute Gasteiger partial charge is 0.238 e. The fourth-order valence-electron chi connectivity index (χ4n) is 9.44. The molecule has 12 rings (SSSR count). The second-order valence-corrected chi connectivity index (χ2v) is 16.9. The highest BCUT2D eigenvalue weighted by molar-refractivity contribution is 6.12. The highest BCUT2D eigenvalue weighted by atomic mass is 15.2. The zero-order valence-corrected chi connectivity index (χ0v) is 34.1. The Morgan fingerprint density at radius 3 is 1.25 bits per heavy atom. The lowest BCUT2D eigenvalue weighted by Crippen LogP contribution is -2.11. The van der Waals surface area contributed by atoms with Crippen molar-refractivity contribution in [2.24, 2.45) is 0 Å². The van der Waals surface area contributed by atoms with Gasteiger partial charge < -0.3 is 9.13 Å². The highest BCUT2D eigenvalue weighted by Gasteiger charge is 2.26. The maximum absolute atomic E-state index is 5.60. The molecular formula is C55H40N6. The minimum atomic E-state index is -0.0564. The second kappa shape index (κ2) is 13.3. The van der Waals surface area contributed by atoms with E-state index in [-0.39, 0.29) is 5.41 Å². The minimum absolute atomic E-state index is 0.0564. The van der Waals surface area contributed by atoms with Crippen LogP contribution in [0, 0.1) is 0 Å². The van der Waals surface area contributed by atoms with E-state index >= 15 is 0 Å². The molecule has 0 N–H and O–H groups in total. The minimum Gasteiger partial charge on any atom is -0.308 e. The van der Waals surface area contributed by atoms with E-state index in [0.29, 0.717) is 17.6 Å². The molecule has 0 amide bonds. The summed E-state index contributed by atoms with van der Waals surface area (Å²) in [6.07, 6.45) is 0. The zero-order valence-electron chi connectivity index (χ0n) is 34.1. The predicted molar refractivity (Wildman–Crippen MR) is 252 cm³/mol. The average molecular weight is 785 g/mol. The first kappa shape index (κ1) is 35.1. The van der Waals surface area contributed by atoms with Crippen LogP contribution in [0.5, 0.6) is 0 Å². The molecule has 0 atom stereocenters. The summed E-state index contributed by atoms with van der Waals surface area (Å²) in [6.45, 7) is 6.84. The summed E-state index contributed by atoms with van der Waals surface area (Å²) in [4.78, 5) is 16.4. The van der Waals surface area contributed by atoms with Crippen LogP contribution in [0.3, 0.4) is 0 Å². The van der Waals surface area contributed by atoms with Gasteiger partial charge in [0.25, 0.3) is 0 Å². The van der Waals surface area contributed by atoms with Gasteiger partial charge in [-0.15, -0.1) is 0 Å². The zero-order chi connectivity index (χ0) is 40.8. The summed E-state index contributed by atoms with van der Waals surface area (Å²) in [6, 6.07) is 67.0. The van der Waals surface area contributed by atoms with E-state index in [0.717, 1.165) is 66.4 Å². The van der Waals surface area contributed by atoms with Crippen molar-refractivity contribution in [1.82, 2.24) is 28.7 Å². The Hall–Kier alpha value is -7.83. The number of benzene rings is 8. The maximum Gasteiger partial charge on any atom is 0.238 e. The quantitative estimate of drug-likeness (QED) is 0.175. The van der Waals surface area contributed by atoms with Crippen LogP contribution in [0.25, 0.3) is 106 Å². The third-order valence-corrected chi connectivity index (χ3v) is 12.3. The van der Waals surface area contributed by atoms with Gasteiger partial charge in [0.1, 0.15) is 0 Å². The number of fused-ring (bicyclic) bond motifs is 9. The Balaban J connectivity index is 1.27. The molecular weight excluding hydrogens is 745 g/mol. The van der Waals surface area contributed by atoms with E-state index in [9.17, 15) is 0 Å². The molecule has 6 heteroatoms. The van der Waals surface area contributed by atoms with Gasteiger partial charge in [0, 0.05) is 37.9 Å². The molecule has 12 aromatic rings. The van der Waals surface area contributed by atoms with Crippen molar-refractivity contribution in [3.05, 3.63) is 194 Å². The summed E-state index contributed by atoms with van der Waals surface area (Å²) >= 11 is 0. The van der Waals surface area contributed by atoms with E-state index in [4.69, 9.17) is 15.0 Å². The standard InChI is InChI=1S/C55H40N6/c1-55(2,3)36-32-33-42-41-24-9-14-27-45(41)60(50(42)34-36)49-31-17-30-48(59-43-25-12-7-20-37(43)38-21-8-13-26-44(38)59)51(49)53-56-52(35-18-5-4-6-19-35)57-54(58-53)61-46-28-15-10-22-39(46)40-23-11-16-29-47(40)61/h4-34H,1-3H3. The summed E-state index contributed by atoms with van der Waals surface area (Å²) in [5.41, 5.74) is 11.5. The lowest BCUT2D eigenvalue weighted by Gasteiger charge is -2.21. The largest absolute Gasteiger partial charge is 0.308 e. The van der Waals surface area contributed by atoms with E-state index in [1.807, 2.05) is 18.2 Å². The van der Waals surface area contributed by atoms with Gasteiger partial charge in [0.05, 0.1) is 50.0 Å². The maximum atomic E-state index is 5.60. The molecule has 0 radical (unpaired) electrons. The van der Waals surface area contributed by atoms with Crippen LogP contribution in [0.15, 0.2) is 188 Å². The summed E-state index contributed by atoms with van der Waals surface area (Å²) in [5, 5.41) is 7.06. The third kappa shape index (κ3) is 5.38. The van der Waals surface area contributed by atoms with Crippen molar-refractivity contribution in [2.45, 2.75) is 26.2 Å². The summed E-state index contributed by atoms with van der Waals surface area (Å²) in [7, 11) is 0. The average Bonchev–Trinajstić information content (AvgIpc) is 3.94. The van der Waals surface area contributed by atoms with Gasteiger partial charge in [-0.2, -0.15) is 9.97 Å². The molecule has 0 bridgehead atoms. The van der Waals surface area contributed by atoms with Gasteiger partial charge >= 0.3 is 0 Å². The molecule has 0 aliphatic carbocycles. The van der Waals surface area contributed by atoms with Gasteiger partial charge in [-0.25, -0.2) is 4.98 Å². The third-order valence-electron chi connectivity index (χ3n) is 12.3. The molecule has 8 aromatic carbocycles. The molecule has 0 saturated carbocycles. The molecule has 6 nitrogen and oxygen atoms in total. The Labute approximate surface area is 352 Å². The van der Waals surface area contributed by atoms with Crippen LogP contribution in [0.1, 0.15) is 26.3 Å². The fraction of sp³-hybridized carbons (Fsp3) is 0.0727. The second-order valence-electron chi connectivity index (χ2n) is 16.9. The van der Waals surface area contributed by atoms with Gasteiger partial charge in [-0.05, 0) is 59.5 Å². The van der Waals surface area contributed by atoms with Crippen molar-refractivity contribution in [3.63, 3.8) is 0 Å². The van der Waals surface area contributed by atoms with Gasteiger partial charge in [0.2, 0.25) is 5.95 Å². The molecule has 0 aliphatic rings. The number of nitrogens with zero attached hydrogens (tertiary/aromatic N) is 6. The molecule has 0 spiro atoms. The monoisotopic (exact) mass is 784 g/mol. The molecule has 4 heterocycles. The first-order chi connectivity index (χ1) is 29.9. The Morgan fingerprint density at radius 2 is 0.754 bits per heavy atom. The van der Waals surface area contributed by atoms with Crippen LogP contribution in [-0.2, 0) is 5.41 Å². The lowest BCUT2D eigenvalue weighted by atomic mass is 9.86. The topological polar surface area (TPSA) is 53.5 Å². The Bertz CT molecular complexity index is 3590.